The summed E-state index contributed by atoms with van der Waals surface area (Å²) in [6, 6.07) is 57.0. The van der Waals surface area contributed by atoms with Gasteiger partial charge in [-0.1, -0.05) is 72.8 Å². The fourth-order valence-electron chi connectivity index (χ4n) is 7.51. The Morgan fingerprint density at radius 2 is 0.870 bits per heavy atom. The minimum absolute atomic E-state index is 0.542. The lowest BCUT2D eigenvalue weighted by molar-refractivity contribution is 1.07. The third-order valence-corrected chi connectivity index (χ3v) is 9.98. The third-order valence-electron chi connectivity index (χ3n) is 9.98. The highest BCUT2D eigenvalue weighted by atomic mass is 15.0. The molecule has 3 aromatic heterocycles. The molecule has 0 amide bonds. The van der Waals surface area contributed by atoms with Gasteiger partial charge in [-0.2, -0.15) is 5.26 Å². The van der Waals surface area contributed by atoms with Gasteiger partial charge in [-0.05, 0) is 96.4 Å². The Hall–Kier alpha value is -7.87. The first-order valence-corrected chi connectivity index (χ1v) is 17.5. The Kier molecular flexibility index (Phi) is 7.11. The summed E-state index contributed by atoms with van der Waals surface area (Å²) >= 11 is 0. The quantitative estimate of drug-likeness (QED) is 0.169. The van der Waals surface area contributed by atoms with Gasteiger partial charge in [-0.25, -0.2) is 19.8 Å². The van der Waals surface area contributed by atoms with Crippen LogP contribution in [0.4, 0.5) is 5.69 Å². The van der Waals surface area contributed by atoms with Crippen LogP contribution in [0.25, 0.3) is 94.0 Å². The Morgan fingerprint density at radius 1 is 0.444 bits per heavy atom. The van der Waals surface area contributed by atoms with Gasteiger partial charge in [0.2, 0.25) is 0 Å². The molecule has 0 bridgehead atoms. The average molecular weight is 690 g/mol. The van der Waals surface area contributed by atoms with Gasteiger partial charge in [0.05, 0.1) is 40.3 Å². The number of benzene rings is 7. The zero-order chi connectivity index (χ0) is 36.2. The highest BCUT2D eigenvalue weighted by molar-refractivity contribution is 6.12. The van der Waals surface area contributed by atoms with Gasteiger partial charge in [-0.3, -0.25) is 0 Å². The molecule has 0 saturated carbocycles. The lowest BCUT2D eigenvalue weighted by Gasteiger charge is -2.10. The van der Waals surface area contributed by atoms with Gasteiger partial charge in [0.15, 0.2) is 23.2 Å². The van der Waals surface area contributed by atoms with Crippen molar-refractivity contribution in [1.29, 1.82) is 5.26 Å². The number of fused-ring (bicyclic) bond motifs is 6. The Labute approximate surface area is 310 Å². The molecule has 0 N–H and O–H groups in total. The van der Waals surface area contributed by atoms with E-state index in [0.29, 0.717) is 28.7 Å². The molecule has 10 rings (SSSR count). The van der Waals surface area contributed by atoms with Crippen LogP contribution in [0.3, 0.4) is 0 Å². The van der Waals surface area contributed by atoms with Crippen LogP contribution in [0, 0.1) is 17.9 Å². The summed E-state index contributed by atoms with van der Waals surface area (Å²) < 4.78 is 4.46. The van der Waals surface area contributed by atoms with E-state index in [4.69, 9.17) is 21.5 Å². The Bertz CT molecular complexity index is 2970. The molecule has 0 atom stereocenters. The fraction of sp³-hybridized carbons (Fsp3) is 0. The van der Waals surface area contributed by atoms with Gasteiger partial charge < -0.3 is 9.13 Å². The molecule has 7 heteroatoms. The maximum Gasteiger partial charge on any atom is 0.188 e. The first kappa shape index (κ1) is 30.9. The van der Waals surface area contributed by atoms with Gasteiger partial charge in [0, 0.05) is 44.2 Å². The zero-order valence-corrected chi connectivity index (χ0v) is 28.7. The third kappa shape index (κ3) is 5.00. The second-order valence-electron chi connectivity index (χ2n) is 13.1. The number of rotatable bonds is 5. The normalized spacial score (nSPS) is 11.3. The van der Waals surface area contributed by atoms with E-state index in [2.05, 4.69) is 80.7 Å². The molecule has 7 nitrogen and oxygen atoms in total. The number of nitriles is 1. The van der Waals surface area contributed by atoms with Crippen LogP contribution in [-0.4, -0.2) is 24.1 Å². The maximum atomic E-state index is 9.82. The highest BCUT2D eigenvalue weighted by Crippen LogP contribution is 2.38. The minimum atomic E-state index is 0.542. The first-order chi connectivity index (χ1) is 26.7. The largest absolute Gasteiger partial charge is 0.309 e. The summed E-state index contributed by atoms with van der Waals surface area (Å²) in [4.78, 5) is 19.0. The molecule has 250 valence electrons. The second kappa shape index (κ2) is 12.4. The van der Waals surface area contributed by atoms with E-state index in [1.807, 2.05) is 103 Å². The zero-order valence-electron chi connectivity index (χ0n) is 28.7. The summed E-state index contributed by atoms with van der Waals surface area (Å²) in [5.74, 6) is 1.65. The molecule has 54 heavy (non-hydrogen) atoms. The summed E-state index contributed by atoms with van der Waals surface area (Å²) in [6.07, 6.45) is 0. The predicted octanol–water partition coefficient (Wildman–Crippen LogP) is 11.5. The molecule has 0 unspecified atom stereocenters. The van der Waals surface area contributed by atoms with Crippen LogP contribution in [0.1, 0.15) is 5.56 Å². The molecule has 0 saturated heterocycles. The SMILES string of the molecule is [C-]#[N+]c1ccc2c(c1)c1cc(-c3nc(-c4ccccc4)nc(-c4ccc5c(c4)c4cc(C#N)ccc4n5-c4ccccc4)n3)ccc1n2-c1ccccc1. The van der Waals surface area contributed by atoms with E-state index >= 15 is 0 Å². The predicted molar refractivity (Wildman–Crippen MR) is 216 cm³/mol. The smallest absolute Gasteiger partial charge is 0.188 e. The number of aromatic nitrogens is 5. The van der Waals surface area contributed by atoms with E-state index in [1.54, 1.807) is 0 Å². The van der Waals surface area contributed by atoms with Gasteiger partial charge in [0.25, 0.3) is 0 Å². The molecule has 3 heterocycles. The van der Waals surface area contributed by atoms with Crippen LogP contribution in [0.5, 0.6) is 0 Å². The molecule has 0 radical (unpaired) electrons. The minimum Gasteiger partial charge on any atom is -0.309 e. The van der Waals surface area contributed by atoms with Gasteiger partial charge >= 0.3 is 0 Å². The maximum absolute atomic E-state index is 9.82. The fourth-order valence-corrected chi connectivity index (χ4v) is 7.51. The van der Waals surface area contributed by atoms with Crippen molar-refractivity contribution < 1.29 is 0 Å². The molecular formula is C47H27N7. The molecule has 0 aliphatic carbocycles. The number of hydrogen-bond acceptors (Lipinski definition) is 4. The standard InChI is InChI=1S/C47H27N7/c1-49-34-20-24-44-40(28-34)39-27-33(19-23-43(39)54(44)36-15-9-4-10-16-36)47-51-45(31-11-5-2-6-12-31)50-46(52-47)32-18-22-42-38(26-32)37-25-30(29-48)17-21-41(37)53(42)35-13-7-3-8-14-35/h2-28H. The van der Waals surface area contributed by atoms with E-state index in [-0.39, 0.29) is 0 Å². The van der Waals surface area contributed by atoms with Crippen molar-refractivity contribution in [3.63, 3.8) is 0 Å². The van der Waals surface area contributed by atoms with Gasteiger partial charge in [0.1, 0.15) is 0 Å². The van der Waals surface area contributed by atoms with E-state index < -0.39 is 0 Å². The molecule has 7 aromatic carbocycles. The lowest BCUT2D eigenvalue weighted by Crippen LogP contribution is -2.00. The second-order valence-corrected chi connectivity index (χ2v) is 13.1. The van der Waals surface area contributed by atoms with Crippen molar-refractivity contribution in [1.82, 2.24) is 24.1 Å². The first-order valence-electron chi connectivity index (χ1n) is 17.5. The molecule has 10 aromatic rings. The summed E-state index contributed by atoms with van der Waals surface area (Å²) in [7, 11) is 0. The lowest BCUT2D eigenvalue weighted by atomic mass is 10.1. The van der Waals surface area contributed by atoms with E-state index in [1.165, 1.54) is 0 Å². The molecule has 0 fully saturated rings. The van der Waals surface area contributed by atoms with Crippen LogP contribution >= 0.6 is 0 Å². The Morgan fingerprint density at radius 3 is 1.37 bits per heavy atom. The van der Waals surface area contributed by atoms with Crippen molar-refractivity contribution in [2.45, 2.75) is 0 Å². The van der Waals surface area contributed by atoms with Crippen molar-refractivity contribution >= 4 is 49.3 Å². The highest BCUT2D eigenvalue weighted by Gasteiger charge is 2.19. The number of nitrogens with zero attached hydrogens (tertiary/aromatic N) is 7. The van der Waals surface area contributed by atoms with Crippen LogP contribution in [0.15, 0.2) is 164 Å². The van der Waals surface area contributed by atoms with Crippen LogP contribution in [-0.2, 0) is 0 Å². The number of hydrogen-bond donors (Lipinski definition) is 0. The van der Waals surface area contributed by atoms with Crippen molar-refractivity contribution in [2.24, 2.45) is 0 Å². The summed E-state index contributed by atoms with van der Waals surface area (Å²) in [5.41, 5.74) is 9.89. The molecular weight excluding hydrogens is 663 g/mol. The van der Waals surface area contributed by atoms with E-state index in [9.17, 15) is 5.26 Å². The molecule has 0 spiro atoms. The monoisotopic (exact) mass is 689 g/mol. The van der Waals surface area contributed by atoms with Crippen molar-refractivity contribution in [2.75, 3.05) is 0 Å². The van der Waals surface area contributed by atoms with Gasteiger partial charge in [-0.15, -0.1) is 0 Å². The van der Waals surface area contributed by atoms with Crippen LogP contribution < -0.4 is 0 Å². The number of para-hydroxylation sites is 2. The average Bonchev–Trinajstić information content (AvgIpc) is 3.75. The summed E-state index contributed by atoms with van der Waals surface area (Å²) in [6.45, 7) is 7.72. The van der Waals surface area contributed by atoms with Crippen molar-refractivity contribution in [3.8, 4) is 51.6 Å². The topological polar surface area (TPSA) is 76.7 Å². The van der Waals surface area contributed by atoms with Crippen LogP contribution in [0.2, 0.25) is 0 Å². The summed E-state index contributed by atoms with van der Waals surface area (Å²) in [5, 5.41) is 13.8. The van der Waals surface area contributed by atoms with E-state index in [0.717, 1.165) is 71.7 Å². The Balaban J connectivity index is 1.20. The molecule has 0 aliphatic heterocycles. The molecule has 0 aliphatic rings. The van der Waals surface area contributed by atoms with Crippen molar-refractivity contribution in [3.05, 3.63) is 181 Å².